The molecule has 29 heavy (non-hydrogen) atoms. The number of nitrogens with one attached hydrogen (secondary N) is 3. The number of carbonyl (C=O) groups excluding carboxylic acids is 1. The second-order valence-electron chi connectivity index (χ2n) is 5.98. The maximum atomic E-state index is 12.1. The Bertz CT molecular complexity index is 882. The summed E-state index contributed by atoms with van der Waals surface area (Å²) < 4.78 is 10.9. The van der Waals surface area contributed by atoms with Crippen LogP contribution < -0.4 is 25.5 Å². The smallest absolute Gasteiger partial charge is 0.262 e. The zero-order valence-corrected chi connectivity index (χ0v) is 17.2. The number of rotatable bonds is 9. The minimum absolute atomic E-state index is 0.136. The van der Waals surface area contributed by atoms with Crippen LogP contribution in [0.4, 0.5) is 5.69 Å². The first-order chi connectivity index (χ1) is 14.0. The summed E-state index contributed by atoms with van der Waals surface area (Å²) in [5, 5.41) is 10.1. The molecule has 0 radical (unpaired) electrons. The SMILES string of the molecule is C=CCNC(=S)N/N=C/c1ccc(OCC(=O)Nc2ccc(C)cc2)c(OC)c1. The van der Waals surface area contributed by atoms with Crippen molar-refractivity contribution in [2.75, 3.05) is 25.6 Å². The molecule has 0 aliphatic carbocycles. The van der Waals surface area contributed by atoms with Crippen molar-refractivity contribution in [3.63, 3.8) is 0 Å². The summed E-state index contributed by atoms with van der Waals surface area (Å²) in [7, 11) is 1.53. The second-order valence-corrected chi connectivity index (χ2v) is 6.39. The molecule has 0 heterocycles. The molecule has 0 spiro atoms. The number of hydrogen-bond donors (Lipinski definition) is 3. The van der Waals surface area contributed by atoms with Gasteiger partial charge in [0.15, 0.2) is 23.2 Å². The maximum absolute atomic E-state index is 12.1. The van der Waals surface area contributed by atoms with Gasteiger partial charge >= 0.3 is 0 Å². The molecule has 2 aromatic carbocycles. The van der Waals surface area contributed by atoms with Gasteiger partial charge in [0.05, 0.1) is 13.3 Å². The fourth-order valence-electron chi connectivity index (χ4n) is 2.23. The first kappa shape index (κ1) is 21.9. The van der Waals surface area contributed by atoms with Crippen LogP contribution in [0, 0.1) is 6.92 Å². The van der Waals surface area contributed by atoms with Gasteiger partial charge in [-0.2, -0.15) is 5.10 Å². The van der Waals surface area contributed by atoms with Crippen molar-refractivity contribution in [3.05, 3.63) is 66.2 Å². The lowest BCUT2D eigenvalue weighted by atomic mass is 10.2. The van der Waals surface area contributed by atoms with E-state index >= 15 is 0 Å². The van der Waals surface area contributed by atoms with Gasteiger partial charge < -0.3 is 20.1 Å². The molecular weight excluding hydrogens is 388 g/mol. The van der Waals surface area contributed by atoms with E-state index in [9.17, 15) is 4.79 Å². The number of anilines is 1. The summed E-state index contributed by atoms with van der Waals surface area (Å²) >= 11 is 5.05. The van der Waals surface area contributed by atoms with E-state index in [-0.39, 0.29) is 12.5 Å². The third-order valence-corrected chi connectivity index (χ3v) is 3.90. The molecule has 2 rings (SSSR count). The number of benzene rings is 2. The minimum Gasteiger partial charge on any atom is -0.493 e. The van der Waals surface area contributed by atoms with Crippen LogP contribution in [0.15, 0.2) is 60.2 Å². The van der Waals surface area contributed by atoms with Crippen LogP contribution in [0.2, 0.25) is 0 Å². The Morgan fingerprint density at radius 3 is 2.66 bits per heavy atom. The molecule has 0 aliphatic heterocycles. The molecular formula is C21H24N4O3S. The van der Waals surface area contributed by atoms with Crippen LogP contribution >= 0.6 is 12.2 Å². The summed E-state index contributed by atoms with van der Waals surface area (Å²) in [6.07, 6.45) is 3.29. The molecule has 2 aromatic rings. The van der Waals surface area contributed by atoms with E-state index in [2.05, 4.69) is 27.7 Å². The molecule has 0 fully saturated rings. The van der Waals surface area contributed by atoms with E-state index < -0.39 is 0 Å². The molecule has 1 amide bonds. The van der Waals surface area contributed by atoms with Crippen molar-refractivity contribution in [2.45, 2.75) is 6.92 Å². The van der Waals surface area contributed by atoms with E-state index in [0.717, 1.165) is 16.8 Å². The largest absolute Gasteiger partial charge is 0.493 e. The highest BCUT2D eigenvalue weighted by molar-refractivity contribution is 7.80. The van der Waals surface area contributed by atoms with Crippen LogP contribution in [0.5, 0.6) is 11.5 Å². The average molecular weight is 413 g/mol. The van der Waals surface area contributed by atoms with Gasteiger partial charge in [-0.1, -0.05) is 23.8 Å². The maximum Gasteiger partial charge on any atom is 0.262 e. The molecule has 0 atom stereocenters. The van der Waals surface area contributed by atoms with Crippen molar-refractivity contribution in [2.24, 2.45) is 5.10 Å². The Morgan fingerprint density at radius 2 is 1.97 bits per heavy atom. The van der Waals surface area contributed by atoms with Gasteiger partial charge in [-0.25, -0.2) is 0 Å². The summed E-state index contributed by atoms with van der Waals surface area (Å²) in [6.45, 7) is 6.00. The lowest BCUT2D eigenvalue weighted by Gasteiger charge is -2.11. The Kier molecular flexibility index (Phi) is 8.65. The van der Waals surface area contributed by atoms with Gasteiger partial charge in [0, 0.05) is 12.2 Å². The standard InChI is InChI=1S/C21H24N4O3S/c1-4-11-22-21(29)25-23-13-16-7-10-18(19(12-16)27-3)28-14-20(26)24-17-8-5-15(2)6-9-17/h4-10,12-13H,1,11,14H2,2-3H3,(H,24,26)(H2,22,25,29)/b23-13+. The van der Waals surface area contributed by atoms with E-state index in [1.54, 1.807) is 30.5 Å². The van der Waals surface area contributed by atoms with Gasteiger partial charge in [-0.15, -0.1) is 6.58 Å². The van der Waals surface area contributed by atoms with Gasteiger partial charge in [0.25, 0.3) is 5.91 Å². The number of carbonyl (C=O) groups is 1. The fraction of sp³-hybridized carbons (Fsp3) is 0.190. The van der Waals surface area contributed by atoms with Crippen molar-refractivity contribution in [1.29, 1.82) is 0 Å². The normalized spacial score (nSPS) is 10.3. The lowest BCUT2D eigenvalue weighted by Crippen LogP contribution is -2.31. The molecule has 0 saturated heterocycles. The molecule has 0 aliphatic rings. The minimum atomic E-state index is -0.258. The zero-order chi connectivity index (χ0) is 21.1. The third kappa shape index (κ3) is 7.63. The van der Waals surface area contributed by atoms with E-state index in [0.29, 0.717) is 23.2 Å². The van der Waals surface area contributed by atoms with Gasteiger partial charge in [-0.3, -0.25) is 10.2 Å². The number of hydrazone groups is 1. The summed E-state index contributed by atoms with van der Waals surface area (Å²) in [5.41, 5.74) is 5.32. The number of methoxy groups -OCH3 is 1. The number of nitrogens with zero attached hydrogens (tertiary/aromatic N) is 1. The highest BCUT2D eigenvalue weighted by Gasteiger charge is 2.09. The monoisotopic (exact) mass is 412 g/mol. The molecule has 0 unspecified atom stereocenters. The molecule has 0 bridgehead atoms. The Morgan fingerprint density at radius 1 is 1.21 bits per heavy atom. The molecule has 152 valence electrons. The second kappa shape index (κ2) is 11.5. The molecule has 8 heteroatoms. The van der Waals surface area contributed by atoms with Gasteiger partial charge in [0.1, 0.15) is 0 Å². The number of amides is 1. The third-order valence-electron chi connectivity index (χ3n) is 3.67. The van der Waals surface area contributed by atoms with Gasteiger partial charge in [-0.05, 0) is 55.0 Å². The Labute approximate surface area is 175 Å². The van der Waals surface area contributed by atoms with E-state index in [1.807, 2.05) is 31.2 Å². The lowest BCUT2D eigenvalue weighted by molar-refractivity contribution is -0.118. The summed E-state index contributed by atoms with van der Waals surface area (Å²) in [6, 6.07) is 12.8. The summed E-state index contributed by atoms with van der Waals surface area (Å²) in [4.78, 5) is 12.1. The van der Waals surface area contributed by atoms with E-state index in [1.165, 1.54) is 7.11 Å². The van der Waals surface area contributed by atoms with Crippen LogP contribution in [0.3, 0.4) is 0 Å². The molecule has 7 nitrogen and oxygen atoms in total. The molecule has 0 saturated carbocycles. The first-order valence-electron chi connectivity index (χ1n) is 8.87. The molecule has 3 N–H and O–H groups in total. The van der Waals surface area contributed by atoms with Crippen LogP contribution in [-0.4, -0.2) is 37.5 Å². The highest BCUT2D eigenvalue weighted by atomic mass is 32.1. The van der Waals surface area contributed by atoms with Crippen molar-refractivity contribution in [3.8, 4) is 11.5 Å². The zero-order valence-electron chi connectivity index (χ0n) is 16.4. The Hall–Kier alpha value is -3.39. The van der Waals surface area contributed by atoms with Crippen LogP contribution in [-0.2, 0) is 4.79 Å². The fourth-order valence-corrected chi connectivity index (χ4v) is 2.37. The predicted octanol–water partition coefficient (Wildman–Crippen LogP) is 3.01. The van der Waals surface area contributed by atoms with Crippen molar-refractivity contribution >= 4 is 35.1 Å². The topological polar surface area (TPSA) is 84.0 Å². The molecule has 0 aromatic heterocycles. The average Bonchev–Trinajstić information content (AvgIpc) is 2.72. The van der Waals surface area contributed by atoms with Gasteiger partial charge in [0.2, 0.25) is 0 Å². The van der Waals surface area contributed by atoms with E-state index in [4.69, 9.17) is 21.7 Å². The number of hydrogen-bond acceptors (Lipinski definition) is 5. The quantitative estimate of drug-likeness (QED) is 0.254. The predicted molar refractivity (Wildman–Crippen MR) is 120 cm³/mol. The Balaban J connectivity index is 1.90. The van der Waals surface area contributed by atoms with Crippen LogP contribution in [0.25, 0.3) is 0 Å². The number of ether oxygens (including phenoxy) is 2. The highest BCUT2D eigenvalue weighted by Crippen LogP contribution is 2.27. The van der Waals surface area contributed by atoms with Crippen molar-refractivity contribution in [1.82, 2.24) is 10.7 Å². The number of aryl methyl sites for hydroxylation is 1. The number of thiocarbonyl (C=S) groups is 1. The van der Waals surface area contributed by atoms with Crippen LogP contribution in [0.1, 0.15) is 11.1 Å². The summed E-state index contributed by atoms with van der Waals surface area (Å²) in [5.74, 6) is 0.690. The first-order valence-corrected chi connectivity index (χ1v) is 9.28. The van der Waals surface area contributed by atoms with Crippen molar-refractivity contribution < 1.29 is 14.3 Å².